The average molecular weight is 759 g/mol. The number of hydrogen-bond donors (Lipinski definition) is 2. The number of phosphoric acid groups is 1. The summed E-state index contributed by atoms with van der Waals surface area (Å²) in [5.41, 5.74) is 0. The van der Waals surface area contributed by atoms with Gasteiger partial charge >= 0.3 is 0 Å². The number of amides is 1. The van der Waals surface area contributed by atoms with Gasteiger partial charge in [-0.15, -0.1) is 0 Å². The van der Waals surface area contributed by atoms with E-state index in [-0.39, 0.29) is 19.1 Å². The van der Waals surface area contributed by atoms with E-state index in [4.69, 9.17) is 9.05 Å². The van der Waals surface area contributed by atoms with Crippen molar-refractivity contribution >= 4 is 13.7 Å². The summed E-state index contributed by atoms with van der Waals surface area (Å²) in [5, 5.41) is 13.7. The van der Waals surface area contributed by atoms with Crippen LogP contribution in [0.3, 0.4) is 0 Å². The zero-order chi connectivity index (χ0) is 38.6. The molecule has 2 N–H and O–H groups in total. The monoisotopic (exact) mass is 759 g/mol. The Morgan fingerprint density at radius 2 is 1.04 bits per heavy atom. The van der Waals surface area contributed by atoms with E-state index in [2.05, 4.69) is 19.2 Å². The molecule has 0 fully saturated rings. The van der Waals surface area contributed by atoms with Gasteiger partial charge in [0, 0.05) is 6.42 Å². The number of carbonyl (C=O) groups excluding carboxylic acids is 1. The zero-order valence-corrected chi connectivity index (χ0v) is 35.9. The van der Waals surface area contributed by atoms with E-state index in [1.807, 2.05) is 27.2 Å². The van der Waals surface area contributed by atoms with Crippen LogP contribution in [-0.4, -0.2) is 68.5 Å². The number of likely N-dealkylation sites (N-methyl/N-ethyl adjacent to an activating group) is 1. The lowest BCUT2D eigenvalue weighted by molar-refractivity contribution is -0.870. The van der Waals surface area contributed by atoms with Gasteiger partial charge in [-0.05, 0) is 19.3 Å². The highest BCUT2D eigenvalue weighted by Gasteiger charge is 2.23. The van der Waals surface area contributed by atoms with Crippen LogP contribution in [0, 0.1) is 0 Å². The number of hydrogen-bond acceptors (Lipinski definition) is 6. The lowest BCUT2D eigenvalue weighted by atomic mass is 10.0. The zero-order valence-electron chi connectivity index (χ0n) is 35.0. The molecule has 0 heterocycles. The highest BCUT2D eigenvalue weighted by atomic mass is 31.2. The minimum Gasteiger partial charge on any atom is -0.756 e. The Labute approximate surface area is 322 Å². The third-order valence-electron chi connectivity index (χ3n) is 10.00. The van der Waals surface area contributed by atoms with E-state index in [0.717, 1.165) is 38.5 Å². The van der Waals surface area contributed by atoms with Crippen LogP contribution in [-0.2, 0) is 18.4 Å². The summed E-state index contributed by atoms with van der Waals surface area (Å²) in [7, 11) is 1.27. The van der Waals surface area contributed by atoms with Crippen molar-refractivity contribution in [2.75, 3.05) is 40.9 Å². The Hall–Kier alpha value is -0.760. The number of aliphatic hydroxyl groups is 1. The molecule has 0 radical (unpaired) electrons. The van der Waals surface area contributed by atoms with Gasteiger partial charge in [-0.25, -0.2) is 0 Å². The molecule has 0 saturated heterocycles. The predicted octanol–water partition coefficient (Wildman–Crippen LogP) is 11.3. The van der Waals surface area contributed by atoms with Crippen molar-refractivity contribution in [1.82, 2.24) is 5.32 Å². The summed E-state index contributed by atoms with van der Waals surface area (Å²) in [6.07, 6.45) is 39.7. The fourth-order valence-corrected chi connectivity index (χ4v) is 7.17. The third kappa shape index (κ3) is 37.6. The number of rotatable bonds is 40. The highest BCUT2D eigenvalue weighted by molar-refractivity contribution is 7.45. The predicted molar refractivity (Wildman–Crippen MR) is 219 cm³/mol. The Kier molecular flexibility index (Phi) is 35.4. The van der Waals surface area contributed by atoms with Crippen LogP contribution in [0.25, 0.3) is 0 Å². The van der Waals surface area contributed by atoms with Crippen LogP contribution >= 0.6 is 7.82 Å². The lowest BCUT2D eigenvalue weighted by Crippen LogP contribution is -2.45. The molecular weight excluding hydrogens is 671 g/mol. The number of aliphatic hydroxyl groups excluding tert-OH is 1. The molecule has 9 heteroatoms. The van der Waals surface area contributed by atoms with Crippen molar-refractivity contribution in [3.63, 3.8) is 0 Å². The number of phosphoric ester groups is 1. The minimum absolute atomic E-state index is 0.00189. The van der Waals surface area contributed by atoms with Crippen LogP contribution in [0.1, 0.15) is 206 Å². The van der Waals surface area contributed by atoms with Crippen LogP contribution in [0.5, 0.6) is 0 Å². The van der Waals surface area contributed by atoms with Crippen LogP contribution in [0.15, 0.2) is 12.2 Å². The van der Waals surface area contributed by atoms with Crippen molar-refractivity contribution in [1.29, 1.82) is 0 Å². The summed E-state index contributed by atoms with van der Waals surface area (Å²) in [6, 6.07) is -0.878. The van der Waals surface area contributed by atoms with Gasteiger partial charge in [-0.1, -0.05) is 193 Å². The largest absolute Gasteiger partial charge is 0.756 e. The summed E-state index contributed by atoms with van der Waals surface area (Å²) >= 11 is 0. The molecule has 310 valence electrons. The van der Waals surface area contributed by atoms with E-state index in [0.29, 0.717) is 17.4 Å². The SMILES string of the molecule is CCCCCCCCCCCCCCCCCCCC/C=C/C(O)C(COP(=O)([O-])OCC[N+](C)(C)C)NC(=O)CCCCCCCCCCCC. The Morgan fingerprint density at radius 1 is 0.654 bits per heavy atom. The maximum Gasteiger partial charge on any atom is 0.268 e. The van der Waals surface area contributed by atoms with Crippen molar-refractivity contribution < 1.29 is 32.9 Å². The number of nitrogens with one attached hydrogen (secondary N) is 1. The Bertz CT molecular complexity index is 865. The molecule has 0 aromatic heterocycles. The second-order valence-electron chi connectivity index (χ2n) is 16.4. The molecule has 0 aromatic rings. The molecule has 0 rings (SSSR count). The van der Waals surface area contributed by atoms with Crippen molar-refractivity contribution in [3.8, 4) is 0 Å². The first-order valence-corrected chi connectivity index (χ1v) is 23.5. The summed E-state index contributed by atoms with van der Waals surface area (Å²) in [4.78, 5) is 25.2. The molecule has 0 aliphatic rings. The van der Waals surface area contributed by atoms with Gasteiger partial charge in [0.25, 0.3) is 7.82 Å². The first-order chi connectivity index (χ1) is 25.0. The molecular formula is C43H87N2O6P. The van der Waals surface area contributed by atoms with Gasteiger partial charge in [0.15, 0.2) is 0 Å². The van der Waals surface area contributed by atoms with E-state index < -0.39 is 20.0 Å². The normalized spacial score (nSPS) is 14.5. The first-order valence-electron chi connectivity index (χ1n) is 22.1. The van der Waals surface area contributed by atoms with Crippen molar-refractivity contribution in [2.24, 2.45) is 0 Å². The topological polar surface area (TPSA) is 108 Å². The molecule has 0 saturated carbocycles. The molecule has 52 heavy (non-hydrogen) atoms. The van der Waals surface area contributed by atoms with Gasteiger partial charge < -0.3 is 28.8 Å². The third-order valence-corrected chi connectivity index (χ3v) is 11.0. The number of nitrogens with zero attached hydrogens (tertiary/aromatic N) is 1. The molecule has 1 amide bonds. The lowest BCUT2D eigenvalue weighted by Gasteiger charge is -2.29. The van der Waals surface area contributed by atoms with Gasteiger partial charge in [-0.3, -0.25) is 9.36 Å². The molecule has 0 bridgehead atoms. The molecule has 8 nitrogen and oxygen atoms in total. The molecule has 3 atom stereocenters. The average Bonchev–Trinajstić information content (AvgIpc) is 3.09. The smallest absolute Gasteiger partial charge is 0.268 e. The van der Waals surface area contributed by atoms with Crippen molar-refractivity contribution in [3.05, 3.63) is 12.2 Å². The summed E-state index contributed by atoms with van der Waals surface area (Å²) in [6.45, 7) is 4.64. The second-order valence-corrected chi connectivity index (χ2v) is 17.8. The second kappa shape index (κ2) is 35.9. The van der Waals surface area contributed by atoms with E-state index in [1.54, 1.807) is 6.08 Å². The molecule has 0 aliphatic heterocycles. The first kappa shape index (κ1) is 51.2. The standard InChI is InChI=1S/C43H87N2O6P/c1-6-8-10-12-14-16-18-19-20-21-22-23-24-25-26-27-28-30-32-34-36-42(46)41(40-51-52(48,49)50-39-38-45(3,4)5)44-43(47)37-35-33-31-29-17-15-13-11-9-7-2/h34,36,41-42,46H,6-33,35,37-40H2,1-5H3,(H-,44,47,48,49)/b36-34+. The quantitative estimate of drug-likeness (QED) is 0.0279. The highest BCUT2D eigenvalue weighted by Crippen LogP contribution is 2.38. The molecule has 3 unspecified atom stereocenters. The summed E-state index contributed by atoms with van der Waals surface area (Å²) in [5.74, 6) is -0.198. The van der Waals surface area contributed by atoms with Gasteiger partial charge in [0.2, 0.25) is 5.91 Å². The maximum atomic E-state index is 12.8. The van der Waals surface area contributed by atoms with Crippen molar-refractivity contribution in [2.45, 2.75) is 219 Å². The number of unbranched alkanes of at least 4 members (excludes halogenated alkanes) is 27. The van der Waals surface area contributed by atoms with Crippen LogP contribution < -0.4 is 10.2 Å². The van der Waals surface area contributed by atoms with E-state index >= 15 is 0 Å². The summed E-state index contributed by atoms with van der Waals surface area (Å²) < 4.78 is 23.1. The molecule has 0 aromatic carbocycles. The maximum absolute atomic E-state index is 12.8. The minimum atomic E-state index is -4.58. The molecule has 0 aliphatic carbocycles. The van der Waals surface area contributed by atoms with E-state index in [9.17, 15) is 19.4 Å². The van der Waals surface area contributed by atoms with Gasteiger partial charge in [0.1, 0.15) is 13.2 Å². The van der Waals surface area contributed by atoms with Gasteiger partial charge in [-0.2, -0.15) is 0 Å². The van der Waals surface area contributed by atoms with Crippen LogP contribution in [0.2, 0.25) is 0 Å². The van der Waals surface area contributed by atoms with Crippen LogP contribution in [0.4, 0.5) is 0 Å². The fraction of sp³-hybridized carbons (Fsp3) is 0.930. The van der Waals surface area contributed by atoms with Gasteiger partial charge in [0.05, 0.1) is 39.9 Å². The number of quaternary nitrogens is 1. The Morgan fingerprint density at radius 3 is 1.44 bits per heavy atom. The molecule has 0 spiro atoms. The Balaban J connectivity index is 4.34. The fourth-order valence-electron chi connectivity index (χ4n) is 6.45. The van der Waals surface area contributed by atoms with E-state index in [1.165, 1.54) is 148 Å². The number of carbonyl (C=O) groups is 1. The number of allylic oxidation sites excluding steroid dienone is 1.